The topological polar surface area (TPSA) is 41.5 Å². The van der Waals surface area contributed by atoms with Gasteiger partial charge in [-0.1, -0.05) is 18.0 Å². The van der Waals surface area contributed by atoms with E-state index in [4.69, 9.17) is 16.3 Å². The summed E-state index contributed by atoms with van der Waals surface area (Å²) in [6.07, 6.45) is 4.03. The van der Waals surface area contributed by atoms with Gasteiger partial charge in [0.25, 0.3) is 0 Å². The third-order valence-electron chi connectivity index (χ3n) is 4.17. The van der Waals surface area contributed by atoms with E-state index in [1.807, 2.05) is 12.1 Å². The summed E-state index contributed by atoms with van der Waals surface area (Å²) in [5.41, 5.74) is 2.35. The summed E-state index contributed by atoms with van der Waals surface area (Å²) in [6.45, 7) is 2.37. The van der Waals surface area contributed by atoms with Crippen LogP contribution in [-0.4, -0.2) is 24.4 Å². The number of aliphatic hydroxyl groups excluding tert-OH is 1. The fraction of sp³-hybridized carbons (Fsp3) is 0.600. The van der Waals surface area contributed by atoms with Gasteiger partial charge >= 0.3 is 0 Å². The van der Waals surface area contributed by atoms with Crippen LogP contribution in [0, 0.1) is 5.92 Å². The van der Waals surface area contributed by atoms with Crippen LogP contribution in [0.25, 0.3) is 0 Å². The average Bonchev–Trinajstić information content (AvgIpc) is 2.98. The number of rotatable bonds is 4. The van der Waals surface area contributed by atoms with Crippen LogP contribution in [0.1, 0.15) is 30.4 Å². The van der Waals surface area contributed by atoms with Gasteiger partial charge in [0.2, 0.25) is 0 Å². The van der Waals surface area contributed by atoms with Gasteiger partial charge in [0.05, 0.1) is 12.7 Å². The molecule has 1 aromatic rings. The van der Waals surface area contributed by atoms with Crippen molar-refractivity contribution in [2.75, 3.05) is 13.2 Å². The highest BCUT2D eigenvalue weighted by Gasteiger charge is 2.25. The molecule has 1 heterocycles. The monoisotopic (exact) mass is 281 g/mol. The maximum atomic E-state index is 9.80. The lowest BCUT2D eigenvalue weighted by Gasteiger charge is -2.16. The summed E-state index contributed by atoms with van der Waals surface area (Å²) >= 11 is 6.13. The summed E-state index contributed by atoms with van der Waals surface area (Å²) in [4.78, 5) is 0. The molecule has 1 saturated carbocycles. The Kier molecular flexibility index (Phi) is 3.96. The van der Waals surface area contributed by atoms with Gasteiger partial charge in [0.15, 0.2) is 0 Å². The Morgan fingerprint density at radius 3 is 3.05 bits per heavy atom. The first-order valence-electron chi connectivity index (χ1n) is 7.07. The Morgan fingerprint density at radius 1 is 1.37 bits per heavy atom. The van der Waals surface area contributed by atoms with E-state index in [1.165, 1.54) is 5.56 Å². The molecule has 3 nitrogen and oxygen atoms in total. The third-order valence-corrected chi connectivity index (χ3v) is 4.38. The summed E-state index contributed by atoms with van der Waals surface area (Å²) < 4.78 is 5.68. The highest BCUT2D eigenvalue weighted by molar-refractivity contribution is 6.30. The molecule has 4 heteroatoms. The standard InChI is InChI=1S/C15H20ClNO2/c16-13-6-10-4-5-19-15(10)12(7-13)9-17-8-11-2-1-3-14(11)18/h6-7,11,14,17-18H,1-5,8-9H2. The minimum Gasteiger partial charge on any atom is -0.493 e. The molecule has 0 spiro atoms. The lowest BCUT2D eigenvalue weighted by Crippen LogP contribution is -2.27. The van der Waals surface area contributed by atoms with Crippen LogP contribution in [0.15, 0.2) is 12.1 Å². The first kappa shape index (κ1) is 13.2. The van der Waals surface area contributed by atoms with Crippen molar-refractivity contribution in [2.24, 2.45) is 5.92 Å². The van der Waals surface area contributed by atoms with E-state index >= 15 is 0 Å². The number of hydrogen-bond acceptors (Lipinski definition) is 3. The molecule has 1 aliphatic heterocycles. The van der Waals surface area contributed by atoms with Crippen molar-refractivity contribution in [2.45, 2.75) is 38.3 Å². The van der Waals surface area contributed by atoms with Crippen LogP contribution < -0.4 is 10.1 Å². The van der Waals surface area contributed by atoms with E-state index in [0.29, 0.717) is 5.92 Å². The van der Waals surface area contributed by atoms with E-state index in [9.17, 15) is 5.11 Å². The zero-order valence-electron chi connectivity index (χ0n) is 11.0. The minimum absolute atomic E-state index is 0.131. The molecule has 3 rings (SSSR count). The Morgan fingerprint density at radius 2 is 2.26 bits per heavy atom. The molecule has 0 bridgehead atoms. The molecule has 0 aromatic heterocycles. The largest absolute Gasteiger partial charge is 0.493 e. The molecule has 1 aliphatic carbocycles. The zero-order chi connectivity index (χ0) is 13.2. The number of nitrogens with one attached hydrogen (secondary N) is 1. The molecule has 1 aromatic carbocycles. The highest BCUT2D eigenvalue weighted by atomic mass is 35.5. The summed E-state index contributed by atoms with van der Waals surface area (Å²) in [5, 5.41) is 14.0. The smallest absolute Gasteiger partial charge is 0.127 e. The van der Waals surface area contributed by atoms with Gasteiger partial charge in [-0.3, -0.25) is 0 Å². The van der Waals surface area contributed by atoms with Crippen molar-refractivity contribution >= 4 is 11.6 Å². The van der Waals surface area contributed by atoms with Gasteiger partial charge in [-0.25, -0.2) is 0 Å². The summed E-state index contributed by atoms with van der Waals surface area (Å²) in [6, 6.07) is 3.97. The molecular formula is C15H20ClNO2. The molecule has 1 fully saturated rings. The number of benzene rings is 1. The van der Waals surface area contributed by atoms with Crippen LogP contribution in [0.2, 0.25) is 5.02 Å². The van der Waals surface area contributed by atoms with Gasteiger partial charge in [0, 0.05) is 30.1 Å². The van der Waals surface area contributed by atoms with E-state index in [0.717, 1.165) is 61.7 Å². The number of hydrogen-bond donors (Lipinski definition) is 2. The molecule has 0 radical (unpaired) electrons. The molecule has 2 N–H and O–H groups in total. The first-order chi connectivity index (χ1) is 9.24. The maximum Gasteiger partial charge on any atom is 0.127 e. The second-order valence-corrected chi connectivity index (χ2v) is 5.98. The number of halogens is 1. The van der Waals surface area contributed by atoms with Crippen molar-refractivity contribution in [3.05, 3.63) is 28.3 Å². The van der Waals surface area contributed by atoms with Crippen LogP contribution in [0.3, 0.4) is 0 Å². The Balaban J connectivity index is 1.61. The van der Waals surface area contributed by atoms with E-state index in [-0.39, 0.29) is 6.10 Å². The molecule has 2 atom stereocenters. The second kappa shape index (κ2) is 5.70. The Bertz CT molecular complexity index is 464. The van der Waals surface area contributed by atoms with Crippen molar-refractivity contribution in [1.82, 2.24) is 5.32 Å². The lowest BCUT2D eigenvalue weighted by atomic mass is 10.1. The SMILES string of the molecule is OC1CCCC1CNCc1cc(Cl)cc2c1OCC2. The average molecular weight is 282 g/mol. The predicted octanol–water partition coefficient (Wildman–Crippen LogP) is 2.53. The van der Waals surface area contributed by atoms with Crippen molar-refractivity contribution in [1.29, 1.82) is 0 Å². The normalized spacial score (nSPS) is 25.4. The third kappa shape index (κ3) is 2.88. The summed E-state index contributed by atoms with van der Waals surface area (Å²) in [7, 11) is 0. The van der Waals surface area contributed by atoms with Crippen LogP contribution in [0.4, 0.5) is 0 Å². The van der Waals surface area contributed by atoms with Gasteiger partial charge < -0.3 is 15.2 Å². The zero-order valence-corrected chi connectivity index (χ0v) is 11.7. The van der Waals surface area contributed by atoms with Crippen LogP contribution in [-0.2, 0) is 13.0 Å². The number of aliphatic hydroxyl groups is 1. The molecule has 104 valence electrons. The van der Waals surface area contributed by atoms with Gasteiger partial charge in [-0.2, -0.15) is 0 Å². The minimum atomic E-state index is -0.131. The molecule has 2 unspecified atom stereocenters. The highest BCUT2D eigenvalue weighted by Crippen LogP contribution is 2.33. The fourth-order valence-corrected chi connectivity index (χ4v) is 3.39. The van der Waals surface area contributed by atoms with Gasteiger partial charge in [-0.05, 0) is 36.5 Å². The van der Waals surface area contributed by atoms with E-state index < -0.39 is 0 Å². The molecule has 0 saturated heterocycles. The van der Waals surface area contributed by atoms with Crippen molar-refractivity contribution < 1.29 is 9.84 Å². The molecule has 19 heavy (non-hydrogen) atoms. The van der Waals surface area contributed by atoms with Crippen LogP contribution >= 0.6 is 11.6 Å². The van der Waals surface area contributed by atoms with Crippen molar-refractivity contribution in [3.63, 3.8) is 0 Å². The number of fused-ring (bicyclic) bond motifs is 1. The fourth-order valence-electron chi connectivity index (χ4n) is 3.12. The molecule has 0 amide bonds. The van der Waals surface area contributed by atoms with E-state index in [2.05, 4.69) is 5.32 Å². The van der Waals surface area contributed by atoms with Gasteiger partial charge in [0.1, 0.15) is 5.75 Å². The Hall–Kier alpha value is -0.770. The van der Waals surface area contributed by atoms with Crippen molar-refractivity contribution in [3.8, 4) is 5.75 Å². The second-order valence-electron chi connectivity index (χ2n) is 5.54. The molecular weight excluding hydrogens is 262 g/mol. The Labute approximate surface area is 118 Å². The molecule has 2 aliphatic rings. The van der Waals surface area contributed by atoms with Crippen LogP contribution in [0.5, 0.6) is 5.75 Å². The summed E-state index contributed by atoms with van der Waals surface area (Å²) in [5.74, 6) is 1.40. The van der Waals surface area contributed by atoms with E-state index in [1.54, 1.807) is 0 Å². The lowest BCUT2D eigenvalue weighted by molar-refractivity contribution is 0.131. The van der Waals surface area contributed by atoms with Gasteiger partial charge in [-0.15, -0.1) is 0 Å². The quantitative estimate of drug-likeness (QED) is 0.891. The maximum absolute atomic E-state index is 9.80. The number of ether oxygens (including phenoxy) is 1. The first-order valence-corrected chi connectivity index (χ1v) is 7.44. The predicted molar refractivity (Wildman–Crippen MR) is 75.7 cm³/mol.